The van der Waals surface area contributed by atoms with Crippen molar-refractivity contribution in [2.24, 2.45) is 17.8 Å². The average Bonchev–Trinajstić information content (AvgIpc) is 3.18. The molecule has 130 valence electrons. The number of aromatic nitrogens is 4. The van der Waals surface area contributed by atoms with Crippen molar-refractivity contribution in [1.29, 1.82) is 0 Å². The molecule has 8 heteroatoms. The smallest absolute Gasteiger partial charge is 0.308 e. The van der Waals surface area contributed by atoms with E-state index in [1.807, 2.05) is 30.3 Å². The van der Waals surface area contributed by atoms with Crippen molar-refractivity contribution < 1.29 is 14.7 Å². The molecule has 2 aromatic rings. The second kappa shape index (κ2) is 6.27. The number of nitrogens with zero attached hydrogens (tertiary/aromatic N) is 5. The monoisotopic (exact) mass is 341 g/mol. The van der Waals surface area contributed by atoms with Crippen molar-refractivity contribution >= 4 is 11.9 Å². The fourth-order valence-electron chi connectivity index (χ4n) is 3.53. The molecule has 1 aromatic heterocycles. The van der Waals surface area contributed by atoms with Crippen LogP contribution in [0.4, 0.5) is 0 Å². The molecule has 1 aromatic carbocycles. The Morgan fingerprint density at radius 1 is 1.16 bits per heavy atom. The minimum Gasteiger partial charge on any atom is -0.481 e. The Kier molecular flexibility index (Phi) is 3.95. The lowest BCUT2D eigenvalue weighted by molar-refractivity contribution is -0.142. The number of aliphatic carboxylic acids is 1. The quantitative estimate of drug-likeness (QED) is 0.867. The predicted octanol–water partition coefficient (Wildman–Crippen LogP) is 0.909. The zero-order valence-electron chi connectivity index (χ0n) is 13.7. The molecule has 1 saturated heterocycles. The van der Waals surface area contributed by atoms with E-state index in [-0.39, 0.29) is 24.9 Å². The first-order chi connectivity index (χ1) is 12.1. The molecule has 4 rings (SSSR count). The SMILES string of the molecule is O=C(O)[C@H]1CN(C(=O)Cn2nnc(-c3ccccc3)n2)C[C@@H]1C1CC1. The molecule has 1 saturated carbocycles. The van der Waals surface area contributed by atoms with Crippen LogP contribution in [0.3, 0.4) is 0 Å². The summed E-state index contributed by atoms with van der Waals surface area (Å²) in [5.41, 5.74) is 0.835. The number of hydrogen-bond donors (Lipinski definition) is 1. The minimum absolute atomic E-state index is 0.0242. The van der Waals surface area contributed by atoms with Crippen LogP contribution < -0.4 is 0 Å². The van der Waals surface area contributed by atoms with Crippen molar-refractivity contribution in [1.82, 2.24) is 25.1 Å². The van der Waals surface area contributed by atoms with E-state index in [4.69, 9.17) is 0 Å². The Morgan fingerprint density at radius 2 is 1.92 bits per heavy atom. The van der Waals surface area contributed by atoms with Gasteiger partial charge in [0.25, 0.3) is 0 Å². The van der Waals surface area contributed by atoms with Crippen LogP contribution in [0.15, 0.2) is 30.3 Å². The maximum Gasteiger partial charge on any atom is 0.308 e. The minimum atomic E-state index is -0.808. The van der Waals surface area contributed by atoms with Gasteiger partial charge >= 0.3 is 5.97 Å². The van der Waals surface area contributed by atoms with Gasteiger partial charge in [-0.15, -0.1) is 10.2 Å². The predicted molar refractivity (Wildman–Crippen MR) is 87.2 cm³/mol. The van der Waals surface area contributed by atoms with Crippen LogP contribution in [0.2, 0.25) is 0 Å². The average molecular weight is 341 g/mol. The number of carboxylic acids is 1. The number of benzene rings is 1. The summed E-state index contributed by atoms with van der Waals surface area (Å²) in [6.07, 6.45) is 2.14. The van der Waals surface area contributed by atoms with Gasteiger partial charge in [0.1, 0.15) is 6.54 Å². The van der Waals surface area contributed by atoms with Gasteiger partial charge in [0.2, 0.25) is 11.7 Å². The molecule has 8 nitrogen and oxygen atoms in total. The van der Waals surface area contributed by atoms with E-state index in [9.17, 15) is 14.7 Å². The lowest BCUT2D eigenvalue weighted by atomic mass is 9.92. The summed E-state index contributed by atoms with van der Waals surface area (Å²) >= 11 is 0. The van der Waals surface area contributed by atoms with Crippen molar-refractivity contribution in [2.45, 2.75) is 19.4 Å². The number of carboxylic acid groups (broad SMARTS) is 1. The fourth-order valence-corrected chi connectivity index (χ4v) is 3.53. The Morgan fingerprint density at radius 3 is 2.60 bits per heavy atom. The summed E-state index contributed by atoms with van der Waals surface area (Å²) in [5.74, 6) is -0.434. The van der Waals surface area contributed by atoms with E-state index in [0.29, 0.717) is 18.3 Å². The highest BCUT2D eigenvalue weighted by atomic mass is 16.4. The number of amides is 1. The molecule has 0 spiro atoms. The molecule has 0 unspecified atom stereocenters. The van der Waals surface area contributed by atoms with Crippen molar-refractivity contribution in [3.63, 3.8) is 0 Å². The first kappa shape index (κ1) is 15.7. The molecule has 1 aliphatic heterocycles. The topological polar surface area (TPSA) is 101 Å². The summed E-state index contributed by atoms with van der Waals surface area (Å²) in [5, 5.41) is 21.6. The molecule has 1 N–H and O–H groups in total. The standard InChI is InChI=1S/C17H19N5O3/c23-15(21-8-13(11-6-7-11)14(9-21)17(24)25)10-22-19-16(18-20-22)12-4-2-1-3-5-12/h1-5,11,13-14H,6-10H2,(H,24,25)/t13-,14+/m1/s1. The van der Waals surface area contributed by atoms with Crippen molar-refractivity contribution in [3.8, 4) is 11.4 Å². The van der Waals surface area contributed by atoms with Crippen LogP contribution >= 0.6 is 0 Å². The molecular weight excluding hydrogens is 322 g/mol. The largest absolute Gasteiger partial charge is 0.481 e. The van der Waals surface area contributed by atoms with E-state index in [1.54, 1.807) is 4.90 Å². The van der Waals surface area contributed by atoms with Gasteiger partial charge in [0.15, 0.2) is 0 Å². The third-order valence-electron chi connectivity index (χ3n) is 5.02. The number of carbonyl (C=O) groups is 2. The van der Waals surface area contributed by atoms with Crippen LogP contribution in [0.25, 0.3) is 11.4 Å². The molecule has 0 radical (unpaired) electrons. The van der Waals surface area contributed by atoms with E-state index in [1.165, 1.54) is 4.80 Å². The van der Waals surface area contributed by atoms with Crippen molar-refractivity contribution in [2.75, 3.05) is 13.1 Å². The summed E-state index contributed by atoms with van der Waals surface area (Å²) < 4.78 is 0. The van der Waals surface area contributed by atoms with Gasteiger partial charge in [-0.2, -0.15) is 4.80 Å². The Bertz CT molecular complexity index is 787. The van der Waals surface area contributed by atoms with Gasteiger partial charge in [-0.05, 0) is 29.9 Å². The maximum absolute atomic E-state index is 12.5. The zero-order chi connectivity index (χ0) is 17.4. The Balaban J connectivity index is 1.42. The van der Waals surface area contributed by atoms with E-state index in [2.05, 4.69) is 15.4 Å². The van der Waals surface area contributed by atoms with Crippen LogP contribution in [-0.4, -0.2) is 55.2 Å². The summed E-state index contributed by atoms with van der Waals surface area (Å²) in [7, 11) is 0. The van der Waals surface area contributed by atoms with Gasteiger partial charge in [0, 0.05) is 18.7 Å². The van der Waals surface area contributed by atoms with Gasteiger partial charge in [-0.3, -0.25) is 9.59 Å². The second-order valence-electron chi connectivity index (χ2n) is 6.75. The summed E-state index contributed by atoms with van der Waals surface area (Å²) in [6.45, 7) is 0.764. The van der Waals surface area contributed by atoms with Crippen LogP contribution in [0, 0.1) is 17.8 Å². The molecule has 25 heavy (non-hydrogen) atoms. The lowest BCUT2D eigenvalue weighted by Crippen LogP contribution is -2.33. The number of likely N-dealkylation sites (tertiary alicyclic amines) is 1. The zero-order valence-corrected chi connectivity index (χ0v) is 13.7. The fraction of sp³-hybridized carbons (Fsp3) is 0.471. The highest BCUT2D eigenvalue weighted by Gasteiger charge is 2.46. The van der Waals surface area contributed by atoms with Crippen LogP contribution in [0.1, 0.15) is 12.8 Å². The van der Waals surface area contributed by atoms with Crippen LogP contribution in [0.5, 0.6) is 0 Å². The number of tetrazole rings is 1. The number of rotatable bonds is 5. The maximum atomic E-state index is 12.5. The summed E-state index contributed by atoms with van der Waals surface area (Å²) in [4.78, 5) is 26.9. The highest BCUT2D eigenvalue weighted by Crippen LogP contribution is 2.44. The Hall–Kier alpha value is -2.77. The number of hydrogen-bond acceptors (Lipinski definition) is 5. The Labute approximate surface area is 144 Å². The molecule has 2 fully saturated rings. The van der Waals surface area contributed by atoms with Crippen molar-refractivity contribution in [3.05, 3.63) is 30.3 Å². The van der Waals surface area contributed by atoms with Crippen LogP contribution in [-0.2, 0) is 16.1 Å². The highest BCUT2D eigenvalue weighted by molar-refractivity contribution is 5.78. The molecule has 1 amide bonds. The third kappa shape index (κ3) is 3.24. The summed E-state index contributed by atoms with van der Waals surface area (Å²) in [6, 6.07) is 9.42. The van der Waals surface area contributed by atoms with Gasteiger partial charge in [0.05, 0.1) is 5.92 Å². The second-order valence-corrected chi connectivity index (χ2v) is 6.75. The molecule has 2 atom stereocenters. The molecule has 2 heterocycles. The number of carbonyl (C=O) groups excluding carboxylic acids is 1. The van der Waals surface area contributed by atoms with Gasteiger partial charge in [-0.25, -0.2) is 0 Å². The van der Waals surface area contributed by atoms with E-state index < -0.39 is 11.9 Å². The van der Waals surface area contributed by atoms with E-state index >= 15 is 0 Å². The van der Waals surface area contributed by atoms with Gasteiger partial charge in [-0.1, -0.05) is 30.3 Å². The lowest BCUT2D eigenvalue weighted by Gasteiger charge is -2.15. The third-order valence-corrected chi connectivity index (χ3v) is 5.02. The first-order valence-corrected chi connectivity index (χ1v) is 8.45. The van der Waals surface area contributed by atoms with Gasteiger partial charge < -0.3 is 10.0 Å². The molecule has 2 aliphatic rings. The molecule has 1 aliphatic carbocycles. The van der Waals surface area contributed by atoms with E-state index in [0.717, 1.165) is 18.4 Å². The first-order valence-electron chi connectivity index (χ1n) is 8.45. The molecular formula is C17H19N5O3. The normalized spacial score (nSPS) is 23.0. The molecule has 0 bridgehead atoms.